The summed E-state index contributed by atoms with van der Waals surface area (Å²) in [6.07, 6.45) is 4.56. The van der Waals surface area contributed by atoms with Gasteiger partial charge in [-0.25, -0.2) is 0 Å². The maximum atomic E-state index is 12.6. The van der Waals surface area contributed by atoms with Crippen molar-refractivity contribution in [3.63, 3.8) is 0 Å². The summed E-state index contributed by atoms with van der Waals surface area (Å²) in [4.78, 5) is 28.4. The number of rotatable bonds is 10. The van der Waals surface area contributed by atoms with Crippen LogP contribution >= 0.6 is 0 Å². The molecule has 2 rings (SSSR count). The number of carbonyl (C=O) groups excluding carboxylic acids is 2. The van der Waals surface area contributed by atoms with Gasteiger partial charge < -0.3 is 24.5 Å². The van der Waals surface area contributed by atoms with Crippen molar-refractivity contribution in [1.82, 2.24) is 9.80 Å². The van der Waals surface area contributed by atoms with E-state index in [-0.39, 0.29) is 23.9 Å². The second kappa shape index (κ2) is 11.3. The van der Waals surface area contributed by atoms with Crippen LogP contribution in [0.25, 0.3) is 6.08 Å². The number of ketones is 1. The number of nitrogens with zero attached hydrogens (tertiary/aromatic N) is 2. The number of Topliss-reactive ketones (excluding diaryl/α,β-unsaturated/α-hetero) is 1. The van der Waals surface area contributed by atoms with E-state index in [9.17, 15) is 9.59 Å². The van der Waals surface area contributed by atoms with Crippen LogP contribution < -0.4 is 14.2 Å². The van der Waals surface area contributed by atoms with Gasteiger partial charge in [0.1, 0.15) is 0 Å². The largest absolute Gasteiger partial charge is 0.493 e. The molecule has 1 heterocycles. The smallest absolute Gasteiger partial charge is 0.246 e. The first-order valence-corrected chi connectivity index (χ1v) is 10.0. The third-order valence-corrected chi connectivity index (χ3v) is 4.99. The molecule has 164 valence electrons. The number of nitrogens with one attached hydrogen (secondary N) is 1. The minimum absolute atomic E-state index is 0.0894. The first-order valence-electron chi connectivity index (χ1n) is 10.0. The summed E-state index contributed by atoms with van der Waals surface area (Å²) in [5.41, 5.74) is 0.945. The predicted molar refractivity (Wildman–Crippen MR) is 116 cm³/mol. The summed E-state index contributed by atoms with van der Waals surface area (Å²) in [6, 6.07) is 3.56. The highest BCUT2D eigenvalue weighted by atomic mass is 16.5. The number of methoxy groups -OCH3 is 3. The van der Waals surface area contributed by atoms with Crippen molar-refractivity contribution in [3.05, 3.63) is 23.8 Å². The van der Waals surface area contributed by atoms with Crippen LogP contribution in [0.15, 0.2) is 18.2 Å². The highest BCUT2D eigenvalue weighted by Crippen LogP contribution is 2.38. The molecule has 0 aliphatic carbocycles. The minimum atomic E-state index is -0.126. The maximum Gasteiger partial charge on any atom is 0.246 e. The van der Waals surface area contributed by atoms with Crippen molar-refractivity contribution < 1.29 is 23.8 Å². The Balaban J connectivity index is 1.94. The average Bonchev–Trinajstić information content (AvgIpc) is 2.77. The molecule has 1 aromatic rings. The zero-order valence-corrected chi connectivity index (χ0v) is 18.2. The molecule has 8 nitrogen and oxygen atoms in total. The Bertz CT molecular complexity index is 773. The molecule has 8 heteroatoms. The van der Waals surface area contributed by atoms with Crippen LogP contribution in [0, 0.1) is 5.41 Å². The Morgan fingerprint density at radius 3 is 2.13 bits per heavy atom. The van der Waals surface area contributed by atoms with Gasteiger partial charge in [0.15, 0.2) is 17.3 Å². The highest BCUT2D eigenvalue weighted by molar-refractivity contribution is 6.39. The summed E-state index contributed by atoms with van der Waals surface area (Å²) in [6.45, 7) is 4.55. The quantitative estimate of drug-likeness (QED) is 0.464. The van der Waals surface area contributed by atoms with Gasteiger partial charge in [0.25, 0.3) is 0 Å². The molecule has 0 saturated carbocycles. The van der Waals surface area contributed by atoms with Crippen molar-refractivity contribution in [1.29, 1.82) is 5.41 Å². The summed E-state index contributed by atoms with van der Waals surface area (Å²) >= 11 is 0. The Morgan fingerprint density at radius 2 is 1.63 bits per heavy atom. The molecular formula is C22H31N3O5. The number of hydrogen-bond donors (Lipinski definition) is 1. The van der Waals surface area contributed by atoms with Crippen LogP contribution in [0.2, 0.25) is 0 Å². The van der Waals surface area contributed by atoms with Gasteiger partial charge in [0.2, 0.25) is 11.7 Å². The summed E-state index contributed by atoms with van der Waals surface area (Å²) in [7, 11) is 4.63. The fourth-order valence-electron chi connectivity index (χ4n) is 3.28. The second-order valence-corrected chi connectivity index (χ2v) is 7.05. The van der Waals surface area contributed by atoms with Gasteiger partial charge in [0.05, 0.1) is 33.6 Å². The zero-order chi connectivity index (χ0) is 22.1. The first kappa shape index (κ1) is 23.4. The van der Waals surface area contributed by atoms with Crippen molar-refractivity contribution in [2.75, 3.05) is 54.1 Å². The van der Waals surface area contributed by atoms with Crippen molar-refractivity contribution in [2.45, 2.75) is 19.8 Å². The van der Waals surface area contributed by atoms with Crippen LogP contribution in [0.4, 0.5) is 0 Å². The molecular weight excluding hydrogens is 386 g/mol. The first-order chi connectivity index (χ1) is 14.4. The molecule has 1 N–H and O–H groups in total. The Labute approximate surface area is 177 Å². The third-order valence-electron chi connectivity index (χ3n) is 4.99. The van der Waals surface area contributed by atoms with E-state index in [1.165, 1.54) is 6.08 Å². The Kier molecular flexibility index (Phi) is 8.86. The molecule has 0 bridgehead atoms. The third kappa shape index (κ3) is 6.06. The fraction of sp³-hybridized carbons (Fsp3) is 0.500. The SMILES string of the molecule is CCCC(=N)C(=O)CN1CCN(C(=O)/C=C/c2cc(OC)c(OC)c(OC)c2)CC1. The van der Waals surface area contributed by atoms with E-state index in [2.05, 4.69) is 0 Å². The van der Waals surface area contributed by atoms with Crippen LogP contribution in [0.3, 0.4) is 0 Å². The lowest BCUT2D eigenvalue weighted by atomic mass is 10.1. The minimum Gasteiger partial charge on any atom is -0.493 e. The molecule has 0 spiro atoms. The van der Waals surface area contributed by atoms with Crippen LogP contribution in [-0.4, -0.2) is 81.3 Å². The van der Waals surface area contributed by atoms with Gasteiger partial charge in [-0.05, 0) is 30.2 Å². The van der Waals surface area contributed by atoms with Crippen molar-refractivity contribution >= 4 is 23.5 Å². The average molecular weight is 418 g/mol. The van der Waals surface area contributed by atoms with Crippen molar-refractivity contribution in [2.24, 2.45) is 0 Å². The van der Waals surface area contributed by atoms with E-state index in [1.54, 1.807) is 44.4 Å². The number of piperazine rings is 1. The second-order valence-electron chi connectivity index (χ2n) is 7.05. The molecule has 1 fully saturated rings. The lowest BCUT2D eigenvalue weighted by Crippen LogP contribution is -2.50. The molecule has 1 aliphatic rings. The number of amides is 1. The van der Waals surface area contributed by atoms with E-state index < -0.39 is 0 Å². The Hall–Kier alpha value is -2.87. The van der Waals surface area contributed by atoms with E-state index in [4.69, 9.17) is 19.6 Å². The highest BCUT2D eigenvalue weighted by Gasteiger charge is 2.22. The summed E-state index contributed by atoms with van der Waals surface area (Å²) < 4.78 is 16.0. The molecule has 30 heavy (non-hydrogen) atoms. The topological polar surface area (TPSA) is 92.2 Å². The normalized spacial score (nSPS) is 14.6. The van der Waals surface area contributed by atoms with E-state index >= 15 is 0 Å². The zero-order valence-electron chi connectivity index (χ0n) is 18.2. The predicted octanol–water partition coefficient (Wildman–Crippen LogP) is 2.26. The van der Waals surface area contributed by atoms with Crippen LogP contribution in [-0.2, 0) is 9.59 Å². The number of benzene rings is 1. The molecule has 0 atom stereocenters. The van der Waals surface area contributed by atoms with Crippen LogP contribution in [0.1, 0.15) is 25.3 Å². The van der Waals surface area contributed by atoms with E-state index in [0.29, 0.717) is 49.8 Å². The summed E-state index contributed by atoms with van der Waals surface area (Å²) in [5, 5.41) is 7.77. The number of hydrogen-bond acceptors (Lipinski definition) is 7. The lowest BCUT2D eigenvalue weighted by molar-refractivity contribution is -0.127. The number of carbonyl (C=O) groups is 2. The molecule has 1 amide bonds. The Morgan fingerprint density at radius 1 is 1.03 bits per heavy atom. The molecule has 1 aromatic carbocycles. The fourth-order valence-corrected chi connectivity index (χ4v) is 3.28. The standard InChI is InChI=1S/C22H31N3O5/c1-5-6-17(23)18(26)15-24-9-11-25(12-10-24)21(27)8-7-16-13-19(28-2)22(30-4)20(14-16)29-3/h7-8,13-14,23H,5-6,9-12,15H2,1-4H3/b8-7+,23-17?. The molecule has 0 radical (unpaired) electrons. The van der Waals surface area contributed by atoms with Gasteiger partial charge in [-0.2, -0.15) is 0 Å². The van der Waals surface area contributed by atoms with Gasteiger partial charge >= 0.3 is 0 Å². The molecule has 1 aliphatic heterocycles. The van der Waals surface area contributed by atoms with Gasteiger partial charge in [-0.3, -0.25) is 14.5 Å². The van der Waals surface area contributed by atoms with Gasteiger partial charge in [-0.15, -0.1) is 0 Å². The van der Waals surface area contributed by atoms with Crippen LogP contribution in [0.5, 0.6) is 17.2 Å². The summed E-state index contributed by atoms with van der Waals surface area (Å²) in [5.74, 6) is 1.33. The van der Waals surface area contributed by atoms with Gasteiger partial charge in [0, 0.05) is 32.3 Å². The molecule has 0 unspecified atom stereocenters. The van der Waals surface area contributed by atoms with E-state index in [1.807, 2.05) is 11.8 Å². The molecule has 0 aromatic heterocycles. The molecule has 1 saturated heterocycles. The lowest BCUT2D eigenvalue weighted by Gasteiger charge is -2.33. The number of ether oxygens (including phenoxy) is 3. The maximum absolute atomic E-state index is 12.6. The van der Waals surface area contributed by atoms with Gasteiger partial charge in [-0.1, -0.05) is 13.3 Å². The van der Waals surface area contributed by atoms with E-state index in [0.717, 1.165) is 12.0 Å². The van der Waals surface area contributed by atoms with Crippen molar-refractivity contribution in [3.8, 4) is 17.2 Å². The monoisotopic (exact) mass is 417 g/mol.